The van der Waals surface area contributed by atoms with E-state index >= 15 is 0 Å². The van der Waals surface area contributed by atoms with Crippen LogP contribution in [0.3, 0.4) is 0 Å². The van der Waals surface area contributed by atoms with Crippen LogP contribution in [0.25, 0.3) is 0 Å². The first-order valence-electron chi connectivity index (χ1n) is 3.89. The maximum absolute atomic E-state index is 9.80. The first-order valence-corrected chi connectivity index (χ1v) is 3.89. The van der Waals surface area contributed by atoms with Gasteiger partial charge in [-0.05, 0) is 4.92 Å². The third-order valence-electron chi connectivity index (χ3n) is 1.34. The van der Waals surface area contributed by atoms with Crippen LogP contribution in [0.15, 0.2) is 30.7 Å². The van der Waals surface area contributed by atoms with Crippen molar-refractivity contribution < 1.29 is 9.96 Å². The van der Waals surface area contributed by atoms with Gasteiger partial charge in [-0.25, -0.2) is 0 Å². The van der Waals surface area contributed by atoms with Gasteiger partial charge >= 0.3 is 5.82 Å². The number of aromatic nitrogens is 4. The summed E-state index contributed by atoms with van der Waals surface area (Å²) < 4.78 is 0. The van der Waals surface area contributed by atoms with Gasteiger partial charge in [0.05, 0.1) is 17.3 Å². The second kappa shape index (κ2) is 6.66. The molecule has 0 atom stereocenters. The van der Waals surface area contributed by atoms with E-state index in [-0.39, 0.29) is 13.2 Å². The molecule has 0 saturated carbocycles. The molecule has 10 nitrogen and oxygen atoms in total. The average molecular weight is 242 g/mol. The molecular weight excluding hydrogens is 232 g/mol. The van der Waals surface area contributed by atoms with Crippen molar-refractivity contribution in [2.45, 2.75) is 7.43 Å². The highest BCUT2D eigenvalue weighted by molar-refractivity contribution is 5.12. The minimum absolute atomic E-state index is 0. The molecule has 0 aliphatic heterocycles. The molecule has 17 heavy (non-hydrogen) atoms. The van der Waals surface area contributed by atoms with Crippen molar-refractivity contribution in [3.05, 3.63) is 51.0 Å². The van der Waals surface area contributed by atoms with Crippen molar-refractivity contribution in [2.75, 3.05) is 0 Å². The van der Waals surface area contributed by atoms with Crippen molar-refractivity contribution in [1.82, 2.24) is 20.1 Å². The van der Waals surface area contributed by atoms with Crippen LogP contribution in [0.1, 0.15) is 7.43 Å². The Labute approximate surface area is 95.1 Å². The average Bonchev–Trinajstić information content (AvgIpc) is 2.93. The fourth-order valence-electron chi connectivity index (χ4n) is 0.708. The summed E-state index contributed by atoms with van der Waals surface area (Å²) in [4.78, 5) is 19.7. The van der Waals surface area contributed by atoms with Crippen LogP contribution in [-0.4, -0.2) is 30.0 Å². The van der Waals surface area contributed by atoms with Crippen molar-refractivity contribution in [2.24, 2.45) is 0 Å². The van der Waals surface area contributed by atoms with Gasteiger partial charge in [-0.3, -0.25) is 0 Å². The van der Waals surface area contributed by atoms with Crippen molar-refractivity contribution in [3.63, 3.8) is 0 Å². The van der Waals surface area contributed by atoms with Crippen LogP contribution >= 0.6 is 0 Å². The number of nitro groups is 2. The highest BCUT2D eigenvalue weighted by Crippen LogP contribution is 2.00. The fourth-order valence-corrected chi connectivity index (χ4v) is 0.708. The van der Waals surface area contributed by atoms with Gasteiger partial charge in [0.25, 0.3) is 0 Å². The summed E-state index contributed by atoms with van der Waals surface area (Å²) in [5.74, 6) is -0.0787. The highest BCUT2D eigenvalue weighted by atomic mass is 16.7. The van der Waals surface area contributed by atoms with E-state index in [2.05, 4.69) is 15.3 Å². The second-order valence-electron chi connectivity index (χ2n) is 2.36. The minimum atomic E-state index is -0.611. The number of hydrogen-bond donors (Lipinski definition) is 1. The van der Waals surface area contributed by atoms with E-state index in [1.807, 2.05) is 0 Å². The predicted octanol–water partition coefficient (Wildman–Crippen LogP) is 0.877. The molecule has 2 aromatic heterocycles. The summed E-state index contributed by atoms with van der Waals surface area (Å²) in [5, 5.41) is 27.9. The Hall–Kier alpha value is -2.78. The molecule has 2 rings (SSSR count). The summed E-state index contributed by atoms with van der Waals surface area (Å²) >= 11 is 0. The van der Waals surface area contributed by atoms with Gasteiger partial charge in [-0.15, -0.1) is 5.10 Å². The molecule has 92 valence electrons. The van der Waals surface area contributed by atoms with Crippen molar-refractivity contribution in [3.8, 4) is 0 Å². The van der Waals surface area contributed by atoms with Crippen LogP contribution in [-0.2, 0) is 0 Å². The number of rotatable bonds is 2. The van der Waals surface area contributed by atoms with Crippen molar-refractivity contribution >= 4 is 5.82 Å². The molecule has 0 aliphatic carbocycles. The molecule has 0 aromatic carbocycles. The molecule has 0 aliphatic rings. The first-order chi connectivity index (χ1) is 7.61. The molecule has 2 aromatic rings. The molecule has 0 spiro atoms. The van der Waals surface area contributed by atoms with Crippen LogP contribution < -0.4 is 0 Å². The minimum Gasteiger partial charge on any atom is -0.358 e. The quantitative estimate of drug-likeness (QED) is 0.613. The van der Waals surface area contributed by atoms with Crippen LogP contribution in [0.5, 0.6) is 0 Å². The molecule has 0 unspecified atom stereocenters. The Kier molecular flexibility index (Phi) is 5.57. The molecule has 0 saturated heterocycles. The monoisotopic (exact) mass is 242 g/mol. The first kappa shape index (κ1) is 14.2. The lowest BCUT2D eigenvalue weighted by molar-refractivity contribution is -0.552. The van der Waals surface area contributed by atoms with Gasteiger partial charge in [-0.2, -0.15) is 0 Å². The number of nitrogens with zero attached hydrogens (tertiary/aromatic N) is 5. The van der Waals surface area contributed by atoms with E-state index in [1.54, 1.807) is 0 Å². The van der Waals surface area contributed by atoms with E-state index in [4.69, 9.17) is 0 Å². The number of H-pyrrole nitrogens is 1. The second-order valence-corrected chi connectivity index (χ2v) is 2.36. The molecule has 0 amide bonds. The lowest BCUT2D eigenvalue weighted by Gasteiger charge is -1.85. The maximum atomic E-state index is 9.80. The van der Waals surface area contributed by atoms with E-state index < -0.39 is 9.96 Å². The predicted molar refractivity (Wildman–Crippen MR) is 56.6 cm³/mol. The standard InChI is InChI=1S/2C3H3N3O2.CH4/c7-6(8)5-3-1-2-4-5;7-6(8)3-1-2-4-5-3;/h1-3H;1-2H,(H,4,5);1H4. The SMILES string of the molecule is C.O=[N+]([O-])c1ccn[nH]1.O=[N+]([O-])n1cccn1. The van der Waals surface area contributed by atoms with Crippen LogP contribution in [0, 0.1) is 20.2 Å². The zero-order valence-corrected chi connectivity index (χ0v) is 7.76. The Morgan fingerprint density at radius 3 is 2.24 bits per heavy atom. The van der Waals surface area contributed by atoms with Crippen LogP contribution in [0.4, 0.5) is 5.82 Å². The molecule has 0 radical (unpaired) electrons. The van der Waals surface area contributed by atoms with E-state index in [9.17, 15) is 20.2 Å². The number of hydrogen-bond acceptors (Lipinski definition) is 6. The lowest BCUT2D eigenvalue weighted by Crippen LogP contribution is -2.07. The topological polar surface area (TPSA) is 133 Å². The molecule has 0 fully saturated rings. The highest BCUT2D eigenvalue weighted by Gasteiger charge is 1.99. The maximum Gasteiger partial charge on any atom is 0.342 e. The third-order valence-corrected chi connectivity index (χ3v) is 1.34. The summed E-state index contributed by atoms with van der Waals surface area (Å²) in [6.07, 6.45) is 3.95. The zero-order chi connectivity index (χ0) is 12.0. The zero-order valence-electron chi connectivity index (χ0n) is 7.76. The molecule has 2 heterocycles. The van der Waals surface area contributed by atoms with Gasteiger partial charge < -0.3 is 20.2 Å². The largest absolute Gasteiger partial charge is 0.358 e. The van der Waals surface area contributed by atoms with E-state index in [1.165, 1.54) is 30.7 Å². The normalized spacial score (nSPS) is 8.47. The lowest BCUT2D eigenvalue weighted by atomic mass is 10.7. The smallest absolute Gasteiger partial charge is 0.342 e. The Balaban J connectivity index is 0.000000284. The molecule has 1 N–H and O–H groups in total. The molecular formula is C7H10N6O4. The Morgan fingerprint density at radius 2 is 2.00 bits per heavy atom. The number of aromatic amines is 1. The molecule has 10 heteroatoms. The van der Waals surface area contributed by atoms with Gasteiger partial charge in [-0.1, -0.05) is 12.5 Å². The summed E-state index contributed by atoms with van der Waals surface area (Å²) in [7, 11) is 0. The molecule has 0 bridgehead atoms. The fraction of sp³-hybridized carbons (Fsp3) is 0.143. The summed E-state index contributed by atoms with van der Waals surface area (Å²) in [5.41, 5.74) is 0. The summed E-state index contributed by atoms with van der Waals surface area (Å²) in [6.45, 7) is 0. The van der Waals surface area contributed by atoms with Crippen molar-refractivity contribution in [1.29, 1.82) is 0 Å². The van der Waals surface area contributed by atoms with Gasteiger partial charge in [0.15, 0.2) is 6.20 Å². The van der Waals surface area contributed by atoms with E-state index in [0.29, 0.717) is 4.79 Å². The third kappa shape index (κ3) is 4.51. The van der Waals surface area contributed by atoms with Crippen LogP contribution in [0.2, 0.25) is 0 Å². The van der Waals surface area contributed by atoms with Gasteiger partial charge in [0.1, 0.15) is 6.20 Å². The van der Waals surface area contributed by atoms with E-state index in [0.717, 1.165) is 0 Å². The Morgan fingerprint density at radius 1 is 1.29 bits per heavy atom. The summed E-state index contributed by atoms with van der Waals surface area (Å²) in [6, 6.07) is 2.78. The van der Waals surface area contributed by atoms with Gasteiger partial charge in [0, 0.05) is 16.0 Å². The Bertz CT molecular complexity index is 406. The van der Waals surface area contributed by atoms with Gasteiger partial charge in [0.2, 0.25) is 0 Å². The number of nitrogens with one attached hydrogen (secondary N) is 1.